The maximum Gasteiger partial charge on any atom is 0.321 e. The molecular formula is C21H20FN5O3S. The van der Waals surface area contributed by atoms with Gasteiger partial charge in [-0.25, -0.2) is 9.18 Å². The number of rotatable bonds is 7. The predicted octanol–water partition coefficient (Wildman–Crippen LogP) is 2.85. The van der Waals surface area contributed by atoms with Crippen LogP contribution < -0.4 is 15.4 Å². The zero-order valence-corrected chi connectivity index (χ0v) is 17.5. The fourth-order valence-corrected chi connectivity index (χ4v) is 4.27. The molecule has 0 radical (unpaired) electrons. The third-order valence-corrected chi connectivity index (χ3v) is 5.75. The van der Waals surface area contributed by atoms with Gasteiger partial charge in [0.1, 0.15) is 17.4 Å². The van der Waals surface area contributed by atoms with Gasteiger partial charge in [0.05, 0.1) is 12.8 Å². The van der Waals surface area contributed by atoms with Crippen LogP contribution in [0.15, 0.2) is 53.7 Å². The molecule has 0 spiro atoms. The smallest absolute Gasteiger partial charge is 0.321 e. The Kier molecular flexibility index (Phi) is 6.17. The van der Waals surface area contributed by atoms with Crippen molar-refractivity contribution in [2.45, 2.75) is 29.8 Å². The van der Waals surface area contributed by atoms with Gasteiger partial charge < -0.3 is 10.1 Å². The highest BCUT2D eigenvalue weighted by Crippen LogP contribution is 2.28. The summed E-state index contributed by atoms with van der Waals surface area (Å²) in [5.74, 6) is 0.989. The first kappa shape index (κ1) is 20.9. The summed E-state index contributed by atoms with van der Waals surface area (Å²) in [6, 6.07) is 13.0. The lowest BCUT2D eigenvalue weighted by Gasteiger charge is -2.23. The number of ether oxygens (including phenoxy) is 1. The van der Waals surface area contributed by atoms with E-state index in [2.05, 4.69) is 20.8 Å². The molecule has 1 fully saturated rings. The van der Waals surface area contributed by atoms with E-state index >= 15 is 0 Å². The number of urea groups is 1. The van der Waals surface area contributed by atoms with Gasteiger partial charge in [0.15, 0.2) is 5.16 Å². The van der Waals surface area contributed by atoms with Crippen molar-refractivity contribution in [3.8, 4) is 11.4 Å². The quantitative estimate of drug-likeness (QED) is 0.547. The fraction of sp³-hybridized carbons (Fsp3) is 0.238. The molecule has 2 heterocycles. The van der Waals surface area contributed by atoms with Gasteiger partial charge in [-0.05, 0) is 23.8 Å². The highest BCUT2D eigenvalue weighted by atomic mass is 32.2. The summed E-state index contributed by atoms with van der Waals surface area (Å²) in [7, 11) is 1.58. The lowest BCUT2D eigenvalue weighted by Crippen LogP contribution is -2.53. The zero-order chi connectivity index (χ0) is 21.8. The van der Waals surface area contributed by atoms with E-state index in [4.69, 9.17) is 4.74 Å². The van der Waals surface area contributed by atoms with E-state index in [9.17, 15) is 14.0 Å². The predicted molar refractivity (Wildman–Crippen MR) is 113 cm³/mol. The van der Waals surface area contributed by atoms with Gasteiger partial charge in [-0.2, -0.15) is 0 Å². The topological polar surface area (TPSA) is 98.1 Å². The Morgan fingerprint density at radius 3 is 2.81 bits per heavy atom. The summed E-state index contributed by atoms with van der Waals surface area (Å²) in [6.07, 6.45) is 0.456. The molecule has 8 nitrogen and oxygen atoms in total. The van der Waals surface area contributed by atoms with Crippen molar-refractivity contribution in [1.82, 2.24) is 25.4 Å². The number of aromatic nitrogens is 3. The average Bonchev–Trinajstić information content (AvgIpc) is 3.14. The number of benzene rings is 2. The van der Waals surface area contributed by atoms with Gasteiger partial charge in [0.2, 0.25) is 5.91 Å². The number of nitrogens with one attached hydrogen (secondary N) is 2. The molecule has 3 amide bonds. The van der Waals surface area contributed by atoms with Crippen LogP contribution in [0.5, 0.6) is 5.75 Å². The number of amides is 3. The van der Waals surface area contributed by atoms with E-state index in [0.717, 1.165) is 5.69 Å². The van der Waals surface area contributed by atoms with Crippen LogP contribution in [-0.2, 0) is 17.0 Å². The van der Waals surface area contributed by atoms with Crippen LogP contribution in [-0.4, -0.2) is 39.9 Å². The Labute approximate surface area is 182 Å². The van der Waals surface area contributed by atoms with Crippen LogP contribution in [0.4, 0.5) is 9.18 Å². The van der Waals surface area contributed by atoms with Crippen molar-refractivity contribution in [2.75, 3.05) is 7.11 Å². The lowest BCUT2D eigenvalue weighted by atomic mass is 10.1. The maximum absolute atomic E-state index is 14.1. The third kappa shape index (κ3) is 4.85. The number of methoxy groups -OCH3 is 1. The number of carbonyl (C=O) groups excluding carboxylic acids is 2. The normalized spacial score (nSPS) is 16.0. The molecule has 31 heavy (non-hydrogen) atoms. The van der Waals surface area contributed by atoms with Gasteiger partial charge in [-0.1, -0.05) is 36.0 Å². The van der Waals surface area contributed by atoms with E-state index in [-0.39, 0.29) is 18.1 Å². The number of hydrogen-bond acceptors (Lipinski definition) is 6. The minimum atomic E-state index is -0.525. The highest BCUT2D eigenvalue weighted by molar-refractivity contribution is 7.98. The zero-order valence-electron chi connectivity index (χ0n) is 16.7. The van der Waals surface area contributed by atoms with E-state index < -0.39 is 12.1 Å². The number of nitrogens with zero attached hydrogens (tertiary/aromatic N) is 3. The van der Waals surface area contributed by atoms with Gasteiger partial charge >= 0.3 is 6.03 Å². The summed E-state index contributed by atoms with van der Waals surface area (Å²) in [6.45, 7) is 0. The van der Waals surface area contributed by atoms with Crippen LogP contribution in [0.3, 0.4) is 0 Å². The Balaban J connectivity index is 1.65. The van der Waals surface area contributed by atoms with Crippen molar-refractivity contribution in [3.63, 3.8) is 0 Å². The number of hydrogen-bond donors (Lipinski definition) is 2. The fourth-order valence-electron chi connectivity index (χ4n) is 3.31. The Hall–Kier alpha value is -3.40. The molecule has 0 saturated carbocycles. The molecule has 1 atom stereocenters. The van der Waals surface area contributed by atoms with Gasteiger partial charge in [0.25, 0.3) is 0 Å². The van der Waals surface area contributed by atoms with Gasteiger partial charge in [0, 0.05) is 30.7 Å². The molecule has 4 rings (SSSR count). The Morgan fingerprint density at radius 1 is 1.19 bits per heavy atom. The number of carbonyl (C=O) groups is 2. The van der Waals surface area contributed by atoms with E-state index in [0.29, 0.717) is 34.5 Å². The molecule has 1 aromatic heterocycles. The molecule has 10 heteroatoms. The molecule has 1 aliphatic heterocycles. The number of thioether (sulfide) groups is 1. The van der Waals surface area contributed by atoms with Crippen LogP contribution >= 0.6 is 11.8 Å². The van der Waals surface area contributed by atoms with Crippen molar-refractivity contribution < 1.29 is 18.7 Å². The molecule has 0 aliphatic carbocycles. The monoisotopic (exact) mass is 441 g/mol. The molecule has 1 saturated heterocycles. The van der Waals surface area contributed by atoms with Crippen LogP contribution in [0.25, 0.3) is 5.69 Å². The van der Waals surface area contributed by atoms with Crippen LogP contribution in [0, 0.1) is 5.82 Å². The second-order valence-corrected chi connectivity index (χ2v) is 7.89. The molecule has 0 bridgehead atoms. The number of imide groups is 1. The van der Waals surface area contributed by atoms with Gasteiger partial charge in [-0.15, -0.1) is 10.2 Å². The third-order valence-electron chi connectivity index (χ3n) is 4.78. The van der Waals surface area contributed by atoms with Crippen molar-refractivity contribution >= 4 is 23.7 Å². The first-order chi connectivity index (χ1) is 15.0. The maximum atomic E-state index is 14.1. The second-order valence-electron chi connectivity index (χ2n) is 6.94. The highest BCUT2D eigenvalue weighted by Gasteiger charge is 2.27. The molecule has 1 aliphatic rings. The first-order valence-corrected chi connectivity index (χ1v) is 10.6. The molecule has 3 aromatic rings. The largest absolute Gasteiger partial charge is 0.497 e. The molecular weight excluding hydrogens is 421 g/mol. The minimum Gasteiger partial charge on any atom is -0.497 e. The van der Waals surface area contributed by atoms with Crippen molar-refractivity contribution in [2.24, 2.45) is 0 Å². The first-order valence-electron chi connectivity index (χ1n) is 9.58. The van der Waals surface area contributed by atoms with E-state index in [1.165, 1.54) is 17.8 Å². The Bertz CT molecular complexity index is 1100. The van der Waals surface area contributed by atoms with Crippen molar-refractivity contribution in [1.29, 1.82) is 0 Å². The average molecular weight is 441 g/mol. The summed E-state index contributed by atoms with van der Waals surface area (Å²) in [4.78, 5) is 23.4. The summed E-state index contributed by atoms with van der Waals surface area (Å²) < 4.78 is 21.2. The van der Waals surface area contributed by atoms with Crippen molar-refractivity contribution in [3.05, 3.63) is 65.7 Å². The number of halogens is 1. The molecule has 160 valence electrons. The molecule has 1 unspecified atom stereocenters. The van der Waals surface area contributed by atoms with Crippen LogP contribution in [0.1, 0.15) is 17.8 Å². The van der Waals surface area contributed by atoms with Gasteiger partial charge in [-0.3, -0.25) is 14.7 Å². The second kappa shape index (κ2) is 9.17. The lowest BCUT2D eigenvalue weighted by molar-refractivity contribution is -0.121. The molecule has 2 aromatic carbocycles. The summed E-state index contributed by atoms with van der Waals surface area (Å²) in [5.41, 5.74) is 1.33. The SMILES string of the molecule is COc1cccc(-n2c(CC3CC(=O)NC(=O)N3)nnc2SCc2ccccc2F)c1. The summed E-state index contributed by atoms with van der Waals surface area (Å²) in [5, 5.41) is 14.1. The van der Waals surface area contributed by atoms with E-state index in [1.807, 2.05) is 28.8 Å². The van der Waals surface area contributed by atoms with E-state index in [1.54, 1.807) is 25.3 Å². The minimum absolute atomic E-state index is 0.147. The Morgan fingerprint density at radius 2 is 2.03 bits per heavy atom. The molecule has 2 N–H and O–H groups in total. The standard InChI is InChI=1S/C21H20FN5O3S/c1-30-16-7-4-6-15(11-16)27-18(9-14-10-19(28)24-20(29)23-14)25-26-21(27)31-12-13-5-2-3-8-17(13)22/h2-8,11,14H,9-10,12H2,1H3,(H2,23,24,28,29). The van der Waals surface area contributed by atoms with Crippen LogP contribution in [0.2, 0.25) is 0 Å². The summed E-state index contributed by atoms with van der Waals surface area (Å²) >= 11 is 1.35.